The van der Waals surface area contributed by atoms with Gasteiger partial charge in [-0.05, 0) is 31.0 Å². The van der Waals surface area contributed by atoms with Crippen molar-refractivity contribution in [3.63, 3.8) is 0 Å². The molecule has 0 fully saturated rings. The predicted octanol–water partition coefficient (Wildman–Crippen LogP) is 2.92. The van der Waals surface area contributed by atoms with Gasteiger partial charge in [-0.15, -0.1) is 10.2 Å². The number of carbonyl (C=O) groups is 3. The topological polar surface area (TPSA) is 217 Å². The third-order valence-corrected chi connectivity index (χ3v) is 6.16. The molecule has 1 aromatic carbocycles. The van der Waals surface area contributed by atoms with Crippen LogP contribution in [0.15, 0.2) is 88.3 Å². The highest BCUT2D eigenvalue weighted by molar-refractivity contribution is 5.95. The molecule has 0 aliphatic rings. The van der Waals surface area contributed by atoms with Crippen molar-refractivity contribution in [2.75, 3.05) is 7.05 Å². The van der Waals surface area contributed by atoms with Gasteiger partial charge in [-0.1, -0.05) is 30.3 Å². The summed E-state index contributed by atoms with van der Waals surface area (Å²) in [5, 5.41) is 28.2. The highest BCUT2D eigenvalue weighted by Crippen LogP contribution is 2.28. The maximum atomic E-state index is 13.4. The molecule has 0 radical (unpaired) electrons. The monoisotopic (exact) mass is 614 g/mol. The zero-order valence-corrected chi connectivity index (χ0v) is 24.6. The van der Waals surface area contributed by atoms with Crippen LogP contribution in [0.25, 0.3) is 23.2 Å². The number of carboxylic acids is 2. The number of carbonyl (C=O) groups excluding carboxylic acids is 1. The Balaban J connectivity index is 0.000000510. The van der Waals surface area contributed by atoms with Crippen LogP contribution < -0.4 is 5.73 Å². The Morgan fingerprint density at radius 3 is 2.27 bits per heavy atom. The van der Waals surface area contributed by atoms with Crippen LogP contribution in [0.4, 0.5) is 0 Å². The summed E-state index contributed by atoms with van der Waals surface area (Å²) in [5.41, 5.74) is 8.63. The molecule has 0 unspecified atom stereocenters. The number of hydrogen-bond acceptors (Lipinski definition) is 11. The van der Waals surface area contributed by atoms with E-state index in [-0.39, 0.29) is 23.6 Å². The Morgan fingerprint density at radius 2 is 1.69 bits per heavy atom. The van der Waals surface area contributed by atoms with Gasteiger partial charge in [-0.3, -0.25) is 9.48 Å². The van der Waals surface area contributed by atoms with Gasteiger partial charge in [0, 0.05) is 50.1 Å². The number of carboxylic acid groups (broad SMARTS) is 2. The highest BCUT2D eigenvalue weighted by Gasteiger charge is 2.29. The number of benzene rings is 1. The smallest absolute Gasteiger partial charge is 0.328 e. The Hall–Kier alpha value is -5.96. The molecule has 4 aromatic heterocycles. The van der Waals surface area contributed by atoms with Crippen LogP contribution in [0.3, 0.4) is 0 Å². The minimum Gasteiger partial charge on any atom is -0.478 e. The number of amides is 1. The molecule has 1 amide bonds. The summed E-state index contributed by atoms with van der Waals surface area (Å²) in [6.07, 6.45) is 8.15. The zero-order chi connectivity index (χ0) is 32.6. The molecule has 0 spiro atoms. The second kappa shape index (κ2) is 14.0. The Bertz CT molecular complexity index is 1780. The average molecular weight is 615 g/mol. The Morgan fingerprint density at radius 1 is 1.02 bits per heavy atom. The highest BCUT2D eigenvalue weighted by atomic mass is 16.4. The van der Waals surface area contributed by atoms with Crippen LogP contribution in [-0.2, 0) is 35.1 Å². The molecule has 232 valence electrons. The number of nitrogens with two attached hydrogens (primary N) is 1. The summed E-state index contributed by atoms with van der Waals surface area (Å²) in [6.45, 7) is 2.21. The zero-order valence-electron chi connectivity index (χ0n) is 24.6. The molecule has 0 aliphatic heterocycles. The summed E-state index contributed by atoms with van der Waals surface area (Å²) in [6, 6.07) is 13.1. The lowest BCUT2D eigenvalue weighted by molar-refractivity contribution is -0.134. The van der Waals surface area contributed by atoms with Gasteiger partial charge >= 0.3 is 11.9 Å². The van der Waals surface area contributed by atoms with Crippen LogP contribution in [0.2, 0.25) is 0 Å². The van der Waals surface area contributed by atoms with Crippen molar-refractivity contribution in [3.8, 4) is 23.2 Å². The number of aryl methyl sites for hydroxylation is 1. The number of nitrogens with zero attached hydrogens (tertiary/aromatic N) is 7. The van der Waals surface area contributed by atoms with Gasteiger partial charge in [-0.25, -0.2) is 19.6 Å². The minimum absolute atomic E-state index is 0.136. The normalized spacial score (nSPS) is 12.3. The van der Waals surface area contributed by atoms with Crippen molar-refractivity contribution in [1.82, 2.24) is 34.8 Å². The van der Waals surface area contributed by atoms with Crippen LogP contribution in [0.5, 0.6) is 0 Å². The van der Waals surface area contributed by atoms with Crippen molar-refractivity contribution < 1.29 is 33.4 Å². The largest absolute Gasteiger partial charge is 0.478 e. The molecule has 5 rings (SSSR count). The molecule has 15 heteroatoms. The summed E-state index contributed by atoms with van der Waals surface area (Å²) in [7, 11) is 3.54. The number of aromatic nitrogens is 6. The van der Waals surface area contributed by atoms with Crippen LogP contribution in [0.1, 0.15) is 34.3 Å². The molecule has 45 heavy (non-hydrogen) atoms. The Labute approximate surface area is 256 Å². The van der Waals surface area contributed by atoms with E-state index in [2.05, 4.69) is 25.3 Å². The van der Waals surface area contributed by atoms with E-state index in [0.29, 0.717) is 42.1 Å². The van der Waals surface area contributed by atoms with Crippen molar-refractivity contribution in [1.29, 1.82) is 0 Å². The van der Waals surface area contributed by atoms with Crippen molar-refractivity contribution in [2.45, 2.75) is 25.4 Å². The number of oxazole rings is 1. The van der Waals surface area contributed by atoms with Crippen LogP contribution in [-0.4, -0.2) is 70.0 Å². The first-order valence-electron chi connectivity index (χ1n) is 13.4. The summed E-state index contributed by atoms with van der Waals surface area (Å²) < 4.78 is 13.1. The maximum Gasteiger partial charge on any atom is 0.328 e. The quantitative estimate of drug-likeness (QED) is 0.193. The van der Waals surface area contributed by atoms with E-state index < -0.39 is 17.5 Å². The lowest BCUT2D eigenvalue weighted by Crippen LogP contribution is -2.35. The van der Waals surface area contributed by atoms with Crippen LogP contribution >= 0.6 is 0 Å². The first-order chi connectivity index (χ1) is 21.4. The van der Waals surface area contributed by atoms with Crippen molar-refractivity contribution in [3.05, 3.63) is 102 Å². The van der Waals surface area contributed by atoms with E-state index in [0.717, 1.165) is 11.1 Å². The van der Waals surface area contributed by atoms with Crippen LogP contribution in [0, 0.1) is 0 Å². The molecule has 5 aromatic rings. The van der Waals surface area contributed by atoms with Crippen molar-refractivity contribution in [2.24, 2.45) is 12.8 Å². The number of aliphatic carboxylic acids is 2. The molecular formula is C30H30N8O7. The first kappa shape index (κ1) is 32.0. The maximum absolute atomic E-state index is 13.4. The van der Waals surface area contributed by atoms with Gasteiger partial charge < -0.3 is 29.7 Å². The van der Waals surface area contributed by atoms with E-state index >= 15 is 0 Å². The lowest BCUT2D eigenvalue weighted by atomic mass is 9.94. The van der Waals surface area contributed by atoms with Gasteiger partial charge in [0.1, 0.15) is 17.7 Å². The van der Waals surface area contributed by atoms with E-state index in [9.17, 15) is 14.4 Å². The van der Waals surface area contributed by atoms with Gasteiger partial charge in [0.05, 0.1) is 17.9 Å². The third kappa shape index (κ3) is 8.77. The summed E-state index contributed by atoms with van der Waals surface area (Å²) >= 11 is 0. The number of hydrogen-bond donors (Lipinski definition) is 3. The molecule has 0 saturated heterocycles. The molecule has 1 atom stereocenters. The molecule has 4 heterocycles. The van der Waals surface area contributed by atoms with Gasteiger partial charge in [0.25, 0.3) is 11.8 Å². The minimum atomic E-state index is -1.26. The third-order valence-electron chi connectivity index (χ3n) is 6.16. The summed E-state index contributed by atoms with van der Waals surface area (Å²) in [4.78, 5) is 42.8. The SMILES string of the molecule is CN(Cc1cnn(C)c1)C(=O)c1cc(-c2ncco2)nc(-c2nnc([C@](C)(N)Cc3ccccc3)o2)c1.O=C(O)/C=C/C(=O)O. The van der Waals surface area contributed by atoms with E-state index in [4.69, 9.17) is 24.8 Å². The number of pyridine rings is 1. The van der Waals surface area contributed by atoms with Gasteiger partial charge in [0.15, 0.2) is 0 Å². The Kier molecular flexibility index (Phi) is 9.95. The van der Waals surface area contributed by atoms with E-state index in [1.807, 2.05) is 50.5 Å². The fourth-order valence-electron chi connectivity index (χ4n) is 4.14. The molecular weight excluding hydrogens is 584 g/mol. The standard InChI is InChI=1S/C26H26N8O3.C4H4O4/c1-26(27,13-17-7-5-4-6-8-17)25-32-31-23(37-25)21-12-19(11-20(30-21)22-28-9-10-36-22)24(35)33(2)15-18-14-29-34(3)16-18;5-3(6)1-2-4(7)8/h4-12,14,16H,13,15,27H2,1-3H3;1-2H,(H,5,6)(H,7,8)/b;2-1+/t26-;/m1./s1. The second-order valence-corrected chi connectivity index (χ2v) is 10.1. The molecule has 15 nitrogen and oxygen atoms in total. The van der Waals surface area contributed by atoms with Crippen molar-refractivity contribution >= 4 is 17.8 Å². The molecule has 0 aliphatic carbocycles. The lowest BCUT2D eigenvalue weighted by Gasteiger charge is -2.20. The van der Waals surface area contributed by atoms with Gasteiger partial charge in [0.2, 0.25) is 11.8 Å². The summed E-state index contributed by atoms with van der Waals surface area (Å²) in [5.74, 6) is -2.08. The van der Waals surface area contributed by atoms with Gasteiger partial charge in [-0.2, -0.15) is 5.10 Å². The fourth-order valence-corrected chi connectivity index (χ4v) is 4.14. The van der Waals surface area contributed by atoms with E-state index in [1.165, 1.54) is 12.5 Å². The average Bonchev–Trinajstić information content (AvgIpc) is 3.79. The molecule has 0 saturated carbocycles. The second-order valence-electron chi connectivity index (χ2n) is 10.1. The van der Waals surface area contributed by atoms with E-state index in [1.54, 1.807) is 35.0 Å². The molecule has 4 N–H and O–H groups in total. The number of rotatable bonds is 10. The fraction of sp³-hybridized carbons (Fsp3) is 0.200. The molecule has 0 bridgehead atoms. The predicted molar refractivity (Wildman–Crippen MR) is 158 cm³/mol. The first-order valence-corrected chi connectivity index (χ1v) is 13.4.